The summed E-state index contributed by atoms with van der Waals surface area (Å²) in [6.07, 6.45) is 10.1. The minimum absolute atomic E-state index is 0.309. The predicted molar refractivity (Wildman–Crippen MR) is 79.2 cm³/mol. The fourth-order valence-electron chi connectivity index (χ4n) is 2.18. The Balaban J connectivity index is 1.81. The van der Waals surface area contributed by atoms with E-state index in [1.165, 1.54) is 0 Å². The Morgan fingerprint density at radius 2 is 2.10 bits per heavy atom. The number of amidine groups is 1. The fraction of sp³-hybridized carbons (Fsp3) is 0.125. The highest BCUT2D eigenvalue weighted by atomic mass is 15.6. The largest absolute Gasteiger partial charge is 0.311 e. The molecular formula is C16H14N4. The van der Waals surface area contributed by atoms with Crippen molar-refractivity contribution in [1.82, 2.24) is 9.91 Å². The Labute approximate surface area is 118 Å². The smallest absolute Gasteiger partial charge is 0.161 e. The third-order valence-corrected chi connectivity index (χ3v) is 3.13. The lowest BCUT2D eigenvalue weighted by Crippen LogP contribution is -2.28. The number of nitrogens with zero attached hydrogens (tertiary/aromatic N) is 4. The molecule has 0 bridgehead atoms. The highest BCUT2D eigenvalue weighted by molar-refractivity contribution is 6.03. The van der Waals surface area contributed by atoms with E-state index in [-0.39, 0.29) is 0 Å². The average molecular weight is 262 g/mol. The van der Waals surface area contributed by atoms with E-state index in [1.54, 1.807) is 5.01 Å². The molecule has 1 aromatic carbocycles. The molecule has 0 radical (unpaired) electrons. The van der Waals surface area contributed by atoms with Crippen LogP contribution in [0.25, 0.3) is 6.08 Å². The molecule has 0 aliphatic carbocycles. The normalized spacial score (nSPS) is 16.9. The molecule has 2 aliphatic rings. The number of nitriles is 1. The quantitative estimate of drug-likeness (QED) is 0.786. The van der Waals surface area contributed by atoms with Crippen LogP contribution in [0, 0.1) is 11.3 Å². The lowest BCUT2D eigenvalue weighted by atomic mass is 10.1. The van der Waals surface area contributed by atoms with Crippen LogP contribution in [0.3, 0.4) is 0 Å². The van der Waals surface area contributed by atoms with Crippen LogP contribution >= 0.6 is 0 Å². The summed E-state index contributed by atoms with van der Waals surface area (Å²) in [7, 11) is 0. The maximum Gasteiger partial charge on any atom is 0.161 e. The molecule has 0 saturated carbocycles. The van der Waals surface area contributed by atoms with E-state index in [0.29, 0.717) is 13.2 Å². The first-order chi connectivity index (χ1) is 9.86. The van der Waals surface area contributed by atoms with Gasteiger partial charge >= 0.3 is 0 Å². The third-order valence-electron chi connectivity index (χ3n) is 3.13. The number of rotatable bonds is 3. The van der Waals surface area contributed by atoms with E-state index >= 15 is 0 Å². The Bertz CT molecular complexity index is 647. The molecule has 4 heteroatoms. The van der Waals surface area contributed by atoms with Gasteiger partial charge in [0, 0.05) is 11.8 Å². The van der Waals surface area contributed by atoms with Crippen molar-refractivity contribution in [3.63, 3.8) is 0 Å². The van der Waals surface area contributed by atoms with E-state index in [2.05, 4.69) is 35.5 Å². The summed E-state index contributed by atoms with van der Waals surface area (Å²) >= 11 is 0. The van der Waals surface area contributed by atoms with Crippen molar-refractivity contribution in [2.75, 3.05) is 13.2 Å². The van der Waals surface area contributed by atoms with Crippen LogP contribution in [-0.2, 0) is 0 Å². The molecule has 4 nitrogen and oxygen atoms in total. The molecule has 20 heavy (non-hydrogen) atoms. The Morgan fingerprint density at radius 1 is 1.25 bits per heavy atom. The number of hydrazone groups is 1. The van der Waals surface area contributed by atoms with Gasteiger partial charge in [0.15, 0.2) is 5.84 Å². The van der Waals surface area contributed by atoms with Crippen LogP contribution in [0.5, 0.6) is 0 Å². The number of hydrogen-bond donors (Lipinski definition) is 0. The maximum atomic E-state index is 8.75. The lowest BCUT2D eigenvalue weighted by Gasteiger charge is -2.18. The van der Waals surface area contributed by atoms with Gasteiger partial charge in [0.25, 0.3) is 0 Å². The Morgan fingerprint density at radius 3 is 2.90 bits per heavy atom. The first-order valence-electron chi connectivity index (χ1n) is 6.46. The van der Waals surface area contributed by atoms with E-state index in [4.69, 9.17) is 5.26 Å². The number of allylic oxidation sites excluding steroid dienone is 2. The van der Waals surface area contributed by atoms with Crippen LogP contribution in [-0.4, -0.2) is 29.0 Å². The summed E-state index contributed by atoms with van der Waals surface area (Å²) in [5.41, 5.74) is 2.21. The Kier molecular flexibility index (Phi) is 3.34. The van der Waals surface area contributed by atoms with E-state index < -0.39 is 0 Å². The van der Waals surface area contributed by atoms with Crippen LogP contribution in [0.2, 0.25) is 0 Å². The van der Waals surface area contributed by atoms with E-state index in [9.17, 15) is 0 Å². The average Bonchev–Trinajstić information content (AvgIpc) is 2.89. The van der Waals surface area contributed by atoms with Gasteiger partial charge in [-0.1, -0.05) is 42.5 Å². The number of hydrogen-bond acceptors (Lipinski definition) is 4. The number of fused-ring (bicyclic) bond motifs is 1. The van der Waals surface area contributed by atoms with Gasteiger partial charge in [0.1, 0.15) is 13.2 Å². The van der Waals surface area contributed by atoms with Crippen molar-refractivity contribution in [3.05, 3.63) is 65.9 Å². The monoisotopic (exact) mass is 262 g/mol. The SMILES string of the molecule is N#CCN1CN2C=CC=C(C=Cc3ccccc3)C2=N1. The van der Waals surface area contributed by atoms with Gasteiger partial charge in [-0.3, -0.25) is 5.01 Å². The van der Waals surface area contributed by atoms with Gasteiger partial charge in [-0.25, -0.2) is 0 Å². The lowest BCUT2D eigenvalue weighted by molar-refractivity contribution is 0.291. The molecular weight excluding hydrogens is 248 g/mol. The summed E-state index contributed by atoms with van der Waals surface area (Å²) in [4.78, 5) is 2.04. The van der Waals surface area contributed by atoms with Crippen molar-refractivity contribution < 1.29 is 0 Å². The standard InChI is InChI=1S/C16H14N4/c17-10-12-20-13-19-11-4-7-15(16(19)18-20)9-8-14-5-2-1-3-6-14/h1-9,11H,12-13H2. The van der Waals surface area contributed by atoms with Crippen molar-refractivity contribution >= 4 is 11.9 Å². The topological polar surface area (TPSA) is 42.6 Å². The number of benzene rings is 1. The molecule has 0 unspecified atom stereocenters. The highest BCUT2D eigenvalue weighted by Gasteiger charge is 2.24. The van der Waals surface area contributed by atoms with Crippen molar-refractivity contribution in [1.29, 1.82) is 5.26 Å². The first-order valence-corrected chi connectivity index (χ1v) is 6.46. The molecule has 0 spiro atoms. The molecule has 0 N–H and O–H groups in total. The molecule has 2 aliphatic heterocycles. The van der Waals surface area contributed by atoms with E-state index in [1.807, 2.05) is 41.5 Å². The fourth-order valence-corrected chi connectivity index (χ4v) is 2.18. The summed E-state index contributed by atoms with van der Waals surface area (Å²) in [5.74, 6) is 0.898. The summed E-state index contributed by atoms with van der Waals surface area (Å²) < 4.78 is 0. The minimum atomic E-state index is 0.309. The third kappa shape index (κ3) is 2.47. The van der Waals surface area contributed by atoms with Gasteiger partial charge in [0.2, 0.25) is 0 Å². The summed E-state index contributed by atoms with van der Waals surface area (Å²) in [6, 6.07) is 12.3. The zero-order chi connectivity index (χ0) is 13.8. The van der Waals surface area contributed by atoms with Gasteiger partial charge in [-0.05, 0) is 17.7 Å². The van der Waals surface area contributed by atoms with Crippen molar-refractivity contribution in [3.8, 4) is 6.07 Å². The molecule has 3 rings (SSSR count). The zero-order valence-corrected chi connectivity index (χ0v) is 11.0. The highest BCUT2D eigenvalue weighted by Crippen LogP contribution is 2.20. The second-order valence-electron chi connectivity index (χ2n) is 4.57. The minimum Gasteiger partial charge on any atom is -0.311 e. The predicted octanol–water partition coefficient (Wildman–Crippen LogP) is 2.57. The molecule has 0 aromatic heterocycles. The van der Waals surface area contributed by atoms with Crippen LogP contribution in [0.1, 0.15) is 5.56 Å². The van der Waals surface area contributed by atoms with Crippen molar-refractivity contribution in [2.24, 2.45) is 5.10 Å². The summed E-state index contributed by atoms with van der Waals surface area (Å²) in [6.45, 7) is 0.944. The molecule has 98 valence electrons. The first kappa shape index (κ1) is 12.2. The van der Waals surface area contributed by atoms with Gasteiger partial charge in [-0.15, -0.1) is 0 Å². The van der Waals surface area contributed by atoms with Crippen LogP contribution in [0.15, 0.2) is 65.4 Å². The summed E-state index contributed by atoms with van der Waals surface area (Å²) in [5, 5.41) is 15.0. The van der Waals surface area contributed by atoms with Gasteiger partial charge < -0.3 is 4.90 Å². The van der Waals surface area contributed by atoms with Gasteiger partial charge in [-0.2, -0.15) is 10.4 Å². The van der Waals surface area contributed by atoms with Crippen molar-refractivity contribution in [2.45, 2.75) is 0 Å². The molecule has 0 fully saturated rings. The van der Waals surface area contributed by atoms with Crippen LogP contribution in [0.4, 0.5) is 0 Å². The second-order valence-corrected chi connectivity index (χ2v) is 4.57. The molecule has 0 amide bonds. The van der Waals surface area contributed by atoms with E-state index in [0.717, 1.165) is 17.0 Å². The maximum absolute atomic E-state index is 8.75. The zero-order valence-electron chi connectivity index (χ0n) is 11.0. The molecule has 0 saturated heterocycles. The molecule has 0 atom stereocenters. The Hall–Kier alpha value is -2.80. The molecule has 2 heterocycles. The molecule has 1 aromatic rings. The van der Waals surface area contributed by atoms with Gasteiger partial charge in [0.05, 0.1) is 6.07 Å². The van der Waals surface area contributed by atoms with Crippen LogP contribution < -0.4 is 0 Å². The second kappa shape index (κ2) is 5.45.